The van der Waals surface area contributed by atoms with Crippen LogP contribution in [0.1, 0.15) is 96.8 Å². The molecule has 0 fully saturated rings. The van der Waals surface area contributed by atoms with Gasteiger partial charge in [-0.15, -0.1) is 0 Å². The molecule has 5 N–H and O–H groups in total. The van der Waals surface area contributed by atoms with Gasteiger partial charge < -0.3 is 25.5 Å². The lowest BCUT2D eigenvalue weighted by molar-refractivity contribution is -0.147. The lowest BCUT2D eigenvalue weighted by Crippen LogP contribution is -2.48. The quantitative estimate of drug-likeness (QED) is 0.191. The molecule has 0 radical (unpaired) electrons. The fourth-order valence-electron chi connectivity index (χ4n) is 3.24. The van der Waals surface area contributed by atoms with Gasteiger partial charge in [0.05, 0.1) is 6.61 Å². The van der Waals surface area contributed by atoms with Crippen molar-refractivity contribution in [3.63, 3.8) is 0 Å². The predicted molar refractivity (Wildman–Crippen MR) is 111 cm³/mol. The molecule has 0 saturated carbocycles. The summed E-state index contributed by atoms with van der Waals surface area (Å²) in [5.74, 6) is -0.383. The predicted octanol–water partition coefficient (Wildman–Crippen LogP) is 2.04. The molecule has 0 aliphatic heterocycles. The van der Waals surface area contributed by atoms with Crippen LogP contribution in [-0.4, -0.2) is 68.1 Å². The van der Waals surface area contributed by atoms with E-state index < -0.39 is 36.8 Å². The maximum absolute atomic E-state index is 11.9. The van der Waals surface area contributed by atoms with Gasteiger partial charge in [0.2, 0.25) is 0 Å². The number of carbonyl (C=O) groups is 2. The average molecular weight is 419 g/mol. The molecule has 0 aromatic rings. The van der Waals surface area contributed by atoms with Gasteiger partial charge in [0.1, 0.15) is 30.2 Å². The van der Waals surface area contributed by atoms with Crippen LogP contribution in [0, 0.1) is 0 Å². The zero-order valence-corrected chi connectivity index (χ0v) is 18.0. The average Bonchev–Trinajstić information content (AvgIpc) is 2.72. The van der Waals surface area contributed by atoms with Crippen LogP contribution in [0.2, 0.25) is 0 Å². The first kappa shape index (κ1) is 28.1. The normalized spacial score (nSPS) is 15.7. The minimum Gasteiger partial charge on any atom is -0.394 e. The smallest absolute Gasteiger partial charge is 0.164 e. The van der Waals surface area contributed by atoms with Crippen molar-refractivity contribution in [2.24, 2.45) is 0 Å². The van der Waals surface area contributed by atoms with E-state index in [4.69, 9.17) is 5.11 Å². The SMILES string of the molecule is CCCCCCCCCCC(=O)CCCCCC(=O)[C@H](O)[C@@H](O)[C@H](O)[C@H](O)CO. The largest absolute Gasteiger partial charge is 0.394 e. The van der Waals surface area contributed by atoms with Crippen molar-refractivity contribution in [3.8, 4) is 0 Å². The molecule has 4 atom stereocenters. The summed E-state index contributed by atoms with van der Waals surface area (Å²) >= 11 is 0. The second-order valence-electron chi connectivity index (χ2n) is 7.97. The number of aliphatic hydroxyl groups excluding tert-OH is 5. The molecule has 0 rings (SSSR count). The van der Waals surface area contributed by atoms with Crippen LogP contribution in [0.25, 0.3) is 0 Å². The number of hydrogen-bond donors (Lipinski definition) is 5. The molecule has 0 aliphatic rings. The Bertz CT molecular complexity index is 427. The van der Waals surface area contributed by atoms with Crippen molar-refractivity contribution in [3.05, 3.63) is 0 Å². The number of rotatable bonds is 20. The van der Waals surface area contributed by atoms with Gasteiger partial charge in [0.15, 0.2) is 5.78 Å². The van der Waals surface area contributed by atoms with E-state index in [1.165, 1.54) is 38.5 Å². The molecule has 0 amide bonds. The highest BCUT2D eigenvalue weighted by Crippen LogP contribution is 2.13. The van der Waals surface area contributed by atoms with Gasteiger partial charge in [0.25, 0.3) is 0 Å². The lowest BCUT2D eigenvalue weighted by Gasteiger charge is -2.24. The summed E-state index contributed by atoms with van der Waals surface area (Å²) in [6.45, 7) is 1.42. The van der Waals surface area contributed by atoms with Crippen molar-refractivity contribution >= 4 is 11.6 Å². The van der Waals surface area contributed by atoms with Gasteiger partial charge in [-0.05, 0) is 19.3 Å². The van der Waals surface area contributed by atoms with Crippen molar-refractivity contribution in [2.75, 3.05) is 6.61 Å². The lowest BCUT2D eigenvalue weighted by atomic mass is 9.97. The molecule has 29 heavy (non-hydrogen) atoms. The van der Waals surface area contributed by atoms with Crippen LogP contribution in [0.15, 0.2) is 0 Å². The third-order valence-corrected chi connectivity index (χ3v) is 5.27. The Morgan fingerprint density at radius 1 is 0.655 bits per heavy atom. The third-order valence-electron chi connectivity index (χ3n) is 5.27. The second-order valence-corrected chi connectivity index (χ2v) is 7.97. The van der Waals surface area contributed by atoms with E-state index in [0.29, 0.717) is 32.1 Å². The molecular formula is C22H42O7. The maximum atomic E-state index is 11.9. The molecule has 0 unspecified atom stereocenters. The van der Waals surface area contributed by atoms with E-state index in [0.717, 1.165) is 12.8 Å². The third kappa shape index (κ3) is 13.9. The highest BCUT2D eigenvalue weighted by Gasteiger charge is 2.33. The van der Waals surface area contributed by atoms with Gasteiger partial charge in [-0.25, -0.2) is 0 Å². The summed E-state index contributed by atoms with van der Waals surface area (Å²) in [6.07, 6.45) is 5.51. The first-order valence-electron chi connectivity index (χ1n) is 11.2. The Hall–Kier alpha value is -0.860. The summed E-state index contributed by atoms with van der Waals surface area (Å²) in [6, 6.07) is 0. The Morgan fingerprint density at radius 2 is 1.10 bits per heavy atom. The van der Waals surface area contributed by atoms with Gasteiger partial charge in [0, 0.05) is 19.3 Å². The van der Waals surface area contributed by atoms with Crippen molar-refractivity contribution in [1.82, 2.24) is 0 Å². The molecule has 0 aromatic heterocycles. The van der Waals surface area contributed by atoms with E-state index >= 15 is 0 Å². The molecule has 0 heterocycles. The summed E-state index contributed by atoms with van der Waals surface area (Å²) < 4.78 is 0. The van der Waals surface area contributed by atoms with Crippen LogP contribution < -0.4 is 0 Å². The van der Waals surface area contributed by atoms with Crippen LogP contribution >= 0.6 is 0 Å². The molecule has 0 spiro atoms. The minimum absolute atomic E-state index is 0.0202. The van der Waals surface area contributed by atoms with Crippen molar-refractivity contribution in [2.45, 2.75) is 121 Å². The summed E-state index contributed by atoms with van der Waals surface area (Å²) in [7, 11) is 0. The van der Waals surface area contributed by atoms with E-state index in [-0.39, 0.29) is 12.2 Å². The summed E-state index contributed by atoms with van der Waals surface area (Å²) in [5, 5.41) is 46.9. The highest BCUT2D eigenvalue weighted by atomic mass is 16.4. The molecule has 7 nitrogen and oxygen atoms in total. The van der Waals surface area contributed by atoms with E-state index in [1.54, 1.807) is 0 Å². The van der Waals surface area contributed by atoms with Crippen LogP contribution in [0.3, 0.4) is 0 Å². The van der Waals surface area contributed by atoms with Crippen LogP contribution in [-0.2, 0) is 9.59 Å². The standard InChI is InChI=1S/C22H42O7/c1-2-3-4-5-6-7-8-10-13-17(24)14-11-9-12-15-18(25)20(27)22(29)21(28)19(26)16-23/h19-23,26-29H,2-16H2,1H3/t19-,20+,21-,22-/m1/s1. The molecule has 7 heteroatoms. The number of hydrogen-bond acceptors (Lipinski definition) is 7. The number of carbonyl (C=O) groups excluding carboxylic acids is 2. The van der Waals surface area contributed by atoms with Gasteiger partial charge in [-0.1, -0.05) is 58.3 Å². The molecular weight excluding hydrogens is 376 g/mol. The summed E-state index contributed by atoms with van der Waals surface area (Å²) in [5.41, 5.74) is 0. The second kappa shape index (κ2) is 18.0. The van der Waals surface area contributed by atoms with E-state index in [2.05, 4.69) is 6.92 Å². The van der Waals surface area contributed by atoms with Crippen LogP contribution in [0.4, 0.5) is 0 Å². The fourth-order valence-corrected chi connectivity index (χ4v) is 3.24. The van der Waals surface area contributed by atoms with Crippen LogP contribution in [0.5, 0.6) is 0 Å². The Morgan fingerprint density at radius 3 is 1.62 bits per heavy atom. The zero-order chi connectivity index (χ0) is 22.1. The Labute approximate surface area is 175 Å². The highest BCUT2D eigenvalue weighted by molar-refractivity contribution is 5.83. The monoisotopic (exact) mass is 418 g/mol. The van der Waals surface area contributed by atoms with Gasteiger partial charge >= 0.3 is 0 Å². The minimum atomic E-state index is -1.85. The number of Topliss-reactive ketones (excluding diaryl/α,β-unsaturated/α-hetero) is 2. The van der Waals surface area contributed by atoms with E-state index in [1.807, 2.05) is 0 Å². The molecule has 0 saturated heterocycles. The first-order valence-corrected chi connectivity index (χ1v) is 11.2. The molecule has 172 valence electrons. The van der Waals surface area contributed by atoms with Crippen molar-refractivity contribution in [1.29, 1.82) is 0 Å². The first-order chi connectivity index (χ1) is 13.8. The number of aliphatic hydroxyl groups is 5. The Balaban J connectivity index is 3.72. The van der Waals surface area contributed by atoms with Gasteiger partial charge in [-0.3, -0.25) is 9.59 Å². The molecule has 0 bridgehead atoms. The summed E-state index contributed by atoms with van der Waals surface area (Å²) in [4.78, 5) is 23.7. The molecule has 0 aromatic carbocycles. The number of unbranched alkanes of at least 4 members (excludes halogenated alkanes) is 9. The van der Waals surface area contributed by atoms with Crippen molar-refractivity contribution < 1.29 is 35.1 Å². The Kier molecular flexibility index (Phi) is 17.4. The zero-order valence-electron chi connectivity index (χ0n) is 18.0. The van der Waals surface area contributed by atoms with Gasteiger partial charge in [-0.2, -0.15) is 0 Å². The maximum Gasteiger partial charge on any atom is 0.164 e. The van der Waals surface area contributed by atoms with E-state index in [9.17, 15) is 30.0 Å². The molecule has 0 aliphatic carbocycles. The number of ketones is 2. The topological polar surface area (TPSA) is 135 Å². The fraction of sp³-hybridized carbons (Fsp3) is 0.909.